The van der Waals surface area contributed by atoms with Gasteiger partial charge in [-0.1, -0.05) is 6.92 Å². The van der Waals surface area contributed by atoms with Gasteiger partial charge >= 0.3 is 0 Å². The number of ether oxygens (including phenoxy) is 1. The molecule has 2 nitrogen and oxygen atoms in total. The first kappa shape index (κ1) is 11.3. The summed E-state index contributed by atoms with van der Waals surface area (Å²) in [6.45, 7) is 3.23. The van der Waals surface area contributed by atoms with E-state index in [9.17, 15) is 8.78 Å². The Bertz CT molecular complexity index is 382. The van der Waals surface area contributed by atoms with Crippen molar-refractivity contribution in [3.8, 4) is 5.75 Å². The molecule has 0 aliphatic carbocycles. The second-order valence-electron chi connectivity index (χ2n) is 3.90. The molecule has 88 valence electrons. The summed E-state index contributed by atoms with van der Waals surface area (Å²) in [5.74, 6) is -0.780. The Morgan fingerprint density at radius 2 is 2.25 bits per heavy atom. The normalized spacial score (nSPS) is 19.8. The van der Waals surface area contributed by atoms with Gasteiger partial charge in [-0.2, -0.15) is 0 Å². The van der Waals surface area contributed by atoms with Gasteiger partial charge in [-0.3, -0.25) is 0 Å². The Morgan fingerprint density at radius 3 is 3.00 bits per heavy atom. The van der Waals surface area contributed by atoms with Gasteiger partial charge in [0.2, 0.25) is 0 Å². The van der Waals surface area contributed by atoms with E-state index in [-0.39, 0.29) is 6.04 Å². The van der Waals surface area contributed by atoms with E-state index in [1.807, 2.05) is 6.92 Å². The lowest BCUT2D eigenvalue weighted by Gasteiger charge is -2.18. The number of hydrogen-bond acceptors (Lipinski definition) is 2. The minimum Gasteiger partial charge on any atom is -0.493 e. The van der Waals surface area contributed by atoms with E-state index in [1.165, 1.54) is 6.07 Å². The van der Waals surface area contributed by atoms with Crippen LogP contribution in [0, 0.1) is 11.6 Å². The first-order chi connectivity index (χ1) is 7.72. The van der Waals surface area contributed by atoms with Crippen molar-refractivity contribution in [2.24, 2.45) is 0 Å². The van der Waals surface area contributed by atoms with Gasteiger partial charge in [0.25, 0.3) is 0 Å². The first-order valence-corrected chi connectivity index (χ1v) is 5.57. The smallest absolute Gasteiger partial charge is 0.134 e. The second kappa shape index (κ2) is 4.78. The van der Waals surface area contributed by atoms with Crippen LogP contribution >= 0.6 is 0 Å². The molecule has 0 saturated heterocycles. The maximum Gasteiger partial charge on any atom is 0.134 e. The van der Waals surface area contributed by atoms with Crippen molar-refractivity contribution in [2.75, 3.05) is 13.2 Å². The van der Waals surface area contributed by atoms with E-state index < -0.39 is 11.6 Å². The molecule has 1 aromatic rings. The number of fused-ring (bicyclic) bond motifs is 1. The van der Waals surface area contributed by atoms with Gasteiger partial charge in [-0.25, -0.2) is 8.78 Å². The summed E-state index contributed by atoms with van der Waals surface area (Å²) in [6.07, 6.45) is 1.65. The Hall–Kier alpha value is -1.16. The van der Waals surface area contributed by atoms with Gasteiger partial charge in [0.05, 0.1) is 6.61 Å². The Labute approximate surface area is 93.6 Å². The summed E-state index contributed by atoms with van der Waals surface area (Å²) < 4.78 is 32.2. The molecule has 0 aromatic heterocycles. The fraction of sp³-hybridized carbons (Fsp3) is 0.500. The van der Waals surface area contributed by atoms with Gasteiger partial charge in [0, 0.05) is 23.7 Å². The molecule has 1 aliphatic rings. The second-order valence-corrected chi connectivity index (χ2v) is 3.90. The molecule has 0 amide bonds. The van der Waals surface area contributed by atoms with Crippen LogP contribution in [0.5, 0.6) is 5.75 Å². The number of halogens is 2. The third-order valence-electron chi connectivity index (χ3n) is 2.75. The highest BCUT2D eigenvalue weighted by molar-refractivity contribution is 5.38. The summed E-state index contributed by atoms with van der Waals surface area (Å²) in [6, 6.07) is 2.09. The maximum atomic E-state index is 13.7. The topological polar surface area (TPSA) is 21.3 Å². The maximum absolute atomic E-state index is 13.7. The summed E-state index contributed by atoms with van der Waals surface area (Å²) in [4.78, 5) is 0. The van der Waals surface area contributed by atoms with Crippen molar-refractivity contribution < 1.29 is 13.5 Å². The summed E-state index contributed by atoms with van der Waals surface area (Å²) in [7, 11) is 0. The zero-order valence-corrected chi connectivity index (χ0v) is 9.22. The van der Waals surface area contributed by atoms with E-state index >= 15 is 0 Å². The SMILES string of the molecule is CCNC1CCCOc2cc(F)cc(F)c21. The van der Waals surface area contributed by atoms with Crippen LogP contribution in [0.2, 0.25) is 0 Å². The molecule has 1 aromatic carbocycles. The van der Waals surface area contributed by atoms with Gasteiger partial charge in [0.1, 0.15) is 17.4 Å². The van der Waals surface area contributed by atoms with Crippen molar-refractivity contribution >= 4 is 0 Å². The molecular weight excluding hydrogens is 212 g/mol. The lowest BCUT2D eigenvalue weighted by Crippen LogP contribution is -2.21. The monoisotopic (exact) mass is 227 g/mol. The summed E-state index contributed by atoms with van der Waals surface area (Å²) >= 11 is 0. The number of hydrogen-bond donors (Lipinski definition) is 1. The highest BCUT2D eigenvalue weighted by atomic mass is 19.1. The van der Waals surface area contributed by atoms with Crippen molar-refractivity contribution in [1.82, 2.24) is 5.32 Å². The number of nitrogens with one attached hydrogen (secondary N) is 1. The molecule has 0 radical (unpaired) electrons. The number of rotatable bonds is 2. The van der Waals surface area contributed by atoms with E-state index in [0.29, 0.717) is 17.9 Å². The average Bonchev–Trinajstić information content (AvgIpc) is 2.41. The van der Waals surface area contributed by atoms with Crippen LogP contribution in [0.3, 0.4) is 0 Å². The van der Waals surface area contributed by atoms with Crippen LogP contribution < -0.4 is 10.1 Å². The van der Waals surface area contributed by atoms with Gasteiger partial charge in [-0.05, 0) is 19.4 Å². The Balaban J connectivity index is 2.43. The zero-order chi connectivity index (χ0) is 11.5. The van der Waals surface area contributed by atoms with Crippen LogP contribution in [0.4, 0.5) is 8.78 Å². The van der Waals surface area contributed by atoms with Crippen LogP contribution in [-0.4, -0.2) is 13.2 Å². The fourth-order valence-corrected chi connectivity index (χ4v) is 2.08. The first-order valence-electron chi connectivity index (χ1n) is 5.57. The van der Waals surface area contributed by atoms with E-state index in [4.69, 9.17) is 4.74 Å². The zero-order valence-electron chi connectivity index (χ0n) is 9.22. The van der Waals surface area contributed by atoms with Crippen LogP contribution in [0.1, 0.15) is 31.4 Å². The van der Waals surface area contributed by atoms with Gasteiger partial charge < -0.3 is 10.1 Å². The summed E-state index contributed by atoms with van der Waals surface area (Å²) in [5, 5.41) is 3.20. The molecule has 0 fully saturated rings. The van der Waals surface area contributed by atoms with E-state index in [2.05, 4.69) is 5.32 Å². The summed E-state index contributed by atoms with van der Waals surface area (Å²) in [5.41, 5.74) is 0.459. The molecule has 1 heterocycles. The van der Waals surface area contributed by atoms with Crippen LogP contribution in [0.15, 0.2) is 12.1 Å². The third kappa shape index (κ3) is 2.16. The van der Waals surface area contributed by atoms with Crippen LogP contribution in [-0.2, 0) is 0 Å². The van der Waals surface area contributed by atoms with Crippen molar-refractivity contribution in [3.63, 3.8) is 0 Å². The van der Waals surface area contributed by atoms with Crippen molar-refractivity contribution in [3.05, 3.63) is 29.3 Å². The number of benzene rings is 1. The minimum absolute atomic E-state index is 0.0805. The molecule has 1 N–H and O–H groups in total. The molecule has 2 rings (SSSR count). The highest BCUT2D eigenvalue weighted by Crippen LogP contribution is 2.34. The molecule has 0 bridgehead atoms. The van der Waals surface area contributed by atoms with E-state index in [0.717, 1.165) is 25.5 Å². The van der Waals surface area contributed by atoms with Crippen LogP contribution in [0.25, 0.3) is 0 Å². The fourth-order valence-electron chi connectivity index (χ4n) is 2.08. The molecule has 1 aliphatic heterocycles. The molecule has 1 atom stereocenters. The molecule has 16 heavy (non-hydrogen) atoms. The molecule has 0 spiro atoms. The predicted molar refractivity (Wildman–Crippen MR) is 57.5 cm³/mol. The lowest BCUT2D eigenvalue weighted by atomic mass is 10.0. The molecule has 0 saturated carbocycles. The standard InChI is InChI=1S/C12H15F2NO/c1-2-15-10-4-3-5-16-11-7-8(13)6-9(14)12(10)11/h6-7,10,15H,2-5H2,1H3. The van der Waals surface area contributed by atoms with Gasteiger partial charge in [0.15, 0.2) is 0 Å². The quantitative estimate of drug-likeness (QED) is 0.838. The van der Waals surface area contributed by atoms with Crippen molar-refractivity contribution in [2.45, 2.75) is 25.8 Å². The Morgan fingerprint density at radius 1 is 1.44 bits per heavy atom. The highest BCUT2D eigenvalue weighted by Gasteiger charge is 2.23. The predicted octanol–water partition coefficient (Wildman–Crippen LogP) is 2.79. The Kier molecular flexibility index (Phi) is 3.39. The molecule has 1 unspecified atom stereocenters. The minimum atomic E-state index is -0.589. The van der Waals surface area contributed by atoms with Crippen molar-refractivity contribution in [1.29, 1.82) is 0 Å². The van der Waals surface area contributed by atoms with Gasteiger partial charge in [-0.15, -0.1) is 0 Å². The molecular formula is C12H15F2NO. The lowest BCUT2D eigenvalue weighted by molar-refractivity contribution is 0.313. The average molecular weight is 227 g/mol. The van der Waals surface area contributed by atoms with E-state index in [1.54, 1.807) is 0 Å². The molecule has 4 heteroatoms. The largest absolute Gasteiger partial charge is 0.493 e. The third-order valence-corrected chi connectivity index (χ3v) is 2.75.